The number of amides is 1. The number of primary amides is 1. The van der Waals surface area contributed by atoms with E-state index in [1.165, 1.54) is 24.8 Å². The van der Waals surface area contributed by atoms with E-state index in [0.717, 1.165) is 0 Å². The van der Waals surface area contributed by atoms with Crippen molar-refractivity contribution >= 4 is 33.2 Å². The molecule has 2 heterocycles. The van der Waals surface area contributed by atoms with Crippen LogP contribution in [0.3, 0.4) is 0 Å². The summed E-state index contributed by atoms with van der Waals surface area (Å²) in [5, 5.41) is -0.375. The van der Waals surface area contributed by atoms with Gasteiger partial charge >= 0.3 is 0 Å². The number of anilines is 1. The average Bonchev–Trinajstić information content (AvgIpc) is 2.91. The van der Waals surface area contributed by atoms with Crippen LogP contribution in [0.2, 0.25) is 5.15 Å². The first-order chi connectivity index (χ1) is 10.2. The molecule has 0 spiro atoms. The number of nitrogens with zero attached hydrogens (tertiary/aromatic N) is 3. The van der Waals surface area contributed by atoms with Crippen LogP contribution in [-0.2, 0) is 10.0 Å². The zero-order chi connectivity index (χ0) is 16.5. The molecule has 0 aliphatic heterocycles. The lowest BCUT2D eigenvalue weighted by atomic mass is 10.2. The quantitative estimate of drug-likeness (QED) is 0.795. The van der Waals surface area contributed by atoms with Gasteiger partial charge < -0.3 is 10.3 Å². The largest absolute Gasteiger partial charge is 0.366 e. The summed E-state index contributed by atoms with van der Waals surface area (Å²) in [6, 6.07) is 1.33. The van der Waals surface area contributed by atoms with E-state index in [9.17, 15) is 13.2 Å². The van der Waals surface area contributed by atoms with Crippen LogP contribution in [0, 0.1) is 0 Å². The molecule has 0 aliphatic carbocycles. The number of rotatable bonds is 5. The van der Waals surface area contributed by atoms with Gasteiger partial charge in [0.1, 0.15) is 0 Å². The lowest BCUT2D eigenvalue weighted by Crippen LogP contribution is -2.19. The summed E-state index contributed by atoms with van der Waals surface area (Å²) in [5.41, 5.74) is 4.96. The highest BCUT2D eigenvalue weighted by molar-refractivity contribution is 7.92. The minimum absolute atomic E-state index is 0.0552. The number of hydrogen-bond acceptors (Lipinski definition) is 5. The lowest BCUT2D eigenvalue weighted by Gasteiger charge is -2.10. The zero-order valence-corrected chi connectivity index (χ0v) is 13.4. The van der Waals surface area contributed by atoms with Crippen molar-refractivity contribution in [3.63, 3.8) is 0 Å². The number of nitrogens with two attached hydrogens (primary N) is 1. The van der Waals surface area contributed by atoms with Gasteiger partial charge in [-0.25, -0.2) is 9.97 Å². The Bertz CT molecular complexity index is 816. The van der Waals surface area contributed by atoms with Crippen LogP contribution >= 0.6 is 11.6 Å². The standard InChI is InChI=1S/C12H14ClN5O3S/c1-7(2)18-5-9(16-6-18)22(20,21)17-10-8(12(14)19)3-4-15-11(10)13/h3-7,17H,1-2H3,(H2,14,19). The van der Waals surface area contributed by atoms with Gasteiger partial charge in [-0.2, -0.15) is 8.42 Å². The molecule has 0 atom stereocenters. The van der Waals surface area contributed by atoms with Gasteiger partial charge in [0, 0.05) is 18.4 Å². The lowest BCUT2D eigenvalue weighted by molar-refractivity contribution is 0.100. The molecule has 2 rings (SSSR count). The molecule has 22 heavy (non-hydrogen) atoms. The SMILES string of the molecule is CC(C)n1cnc(S(=O)(=O)Nc2c(C(N)=O)ccnc2Cl)c1. The third-order valence-electron chi connectivity index (χ3n) is 2.86. The smallest absolute Gasteiger partial charge is 0.281 e. The maximum Gasteiger partial charge on any atom is 0.281 e. The molecule has 0 bridgehead atoms. The van der Waals surface area contributed by atoms with E-state index in [-0.39, 0.29) is 27.5 Å². The summed E-state index contributed by atoms with van der Waals surface area (Å²) in [4.78, 5) is 19.0. The highest BCUT2D eigenvalue weighted by Crippen LogP contribution is 2.26. The molecule has 0 unspecified atom stereocenters. The second-order valence-electron chi connectivity index (χ2n) is 4.75. The summed E-state index contributed by atoms with van der Waals surface area (Å²) in [5.74, 6) is -0.824. The van der Waals surface area contributed by atoms with E-state index in [0.29, 0.717) is 0 Å². The van der Waals surface area contributed by atoms with E-state index in [4.69, 9.17) is 17.3 Å². The molecule has 2 aromatic rings. The van der Waals surface area contributed by atoms with Gasteiger partial charge in [0.15, 0.2) is 10.2 Å². The molecule has 118 valence electrons. The monoisotopic (exact) mass is 343 g/mol. The fraction of sp³-hybridized carbons (Fsp3) is 0.250. The van der Waals surface area contributed by atoms with E-state index in [2.05, 4.69) is 14.7 Å². The maximum absolute atomic E-state index is 12.3. The van der Waals surface area contributed by atoms with Crippen LogP contribution in [0.5, 0.6) is 0 Å². The van der Waals surface area contributed by atoms with Gasteiger partial charge in [-0.3, -0.25) is 9.52 Å². The van der Waals surface area contributed by atoms with Crippen LogP contribution in [-0.4, -0.2) is 28.9 Å². The van der Waals surface area contributed by atoms with E-state index in [1.807, 2.05) is 13.8 Å². The average molecular weight is 344 g/mol. The number of carbonyl (C=O) groups excluding carboxylic acids is 1. The number of pyridine rings is 1. The Labute approximate surface area is 132 Å². The van der Waals surface area contributed by atoms with Crippen molar-refractivity contribution in [2.75, 3.05) is 4.72 Å². The van der Waals surface area contributed by atoms with Crippen molar-refractivity contribution < 1.29 is 13.2 Å². The van der Waals surface area contributed by atoms with Crippen molar-refractivity contribution in [3.05, 3.63) is 35.5 Å². The van der Waals surface area contributed by atoms with Crippen molar-refractivity contribution in [3.8, 4) is 0 Å². The summed E-state index contributed by atoms with van der Waals surface area (Å²) in [6.45, 7) is 3.77. The number of imidazole rings is 1. The van der Waals surface area contributed by atoms with Crippen LogP contribution in [0.1, 0.15) is 30.2 Å². The molecule has 0 aromatic carbocycles. The van der Waals surface area contributed by atoms with Crippen molar-refractivity contribution in [1.82, 2.24) is 14.5 Å². The molecule has 1 amide bonds. The third kappa shape index (κ3) is 3.20. The number of nitrogens with one attached hydrogen (secondary N) is 1. The van der Waals surface area contributed by atoms with Crippen LogP contribution in [0.15, 0.2) is 29.8 Å². The highest BCUT2D eigenvalue weighted by atomic mass is 35.5. The van der Waals surface area contributed by atoms with Crippen LogP contribution in [0.25, 0.3) is 0 Å². The molecule has 0 fully saturated rings. The third-order valence-corrected chi connectivity index (χ3v) is 4.38. The van der Waals surface area contributed by atoms with Crippen molar-refractivity contribution in [1.29, 1.82) is 0 Å². The van der Waals surface area contributed by atoms with Crippen molar-refractivity contribution in [2.24, 2.45) is 5.73 Å². The molecular formula is C12H14ClN5O3S. The first-order valence-electron chi connectivity index (χ1n) is 6.23. The maximum atomic E-state index is 12.3. The van der Waals surface area contributed by atoms with Crippen LogP contribution in [0.4, 0.5) is 5.69 Å². The second kappa shape index (κ2) is 5.93. The minimum atomic E-state index is -4.02. The topological polar surface area (TPSA) is 120 Å². The predicted molar refractivity (Wildman–Crippen MR) is 81.2 cm³/mol. The Kier molecular flexibility index (Phi) is 4.38. The molecule has 0 saturated carbocycles. The molecule has 0 saturated heterocycles. The Balaban J connectivity index is 2.43. The van der Waals surface area contributed by atoms with Gasteiger partial charge in [0.2, 0.25) is 0 Å². The van der Waals surface area contributed by atoms with Gasteiger partial charge in [-0.15, -0.1) is 0 Å². The normalized spacial score (nSPS) is 11.6. The van der Waals surface area contributed by atoms with Crippen molar-refractivity contribution in [2.45, 2.75) is 24.9 Å². The first-order valence-corrected chi connectivity index (χ1v) is 8.09. The van der Waals surface area contributed by atoms with Gasteiger partial charge in [-0.05, 0) is 19.9 Å². The zero-order valence-electron chi connectivity index (χ0n) is 11.8. The molecule has 8 nitrogen and oxygen atoms in total. The summed E-state index contributed by atoms with van der Waals surface area (Å²) in [6.07, 6.45) is 4.04. The first kappa shape index (κ1) is 16.2. The Hall–Kier alpha value is -2.13. The summed E-state index contributed by atoms with van der Waals surface area (Å²) >= 11 is 5.85. The number of aromatic nitrogens is 3. The number of sulfonamides is 1. The Morgan fingerprint density at radius 2 is 2.09 bits per heavy atom. The molecular weight excluding hydrogens is 330 g/mol. The summed E-state index contributed by atoms with van der Waals surface area (Å²) < 4.78 is 28.5. The number of hydrogen-bond donors (Lipinski definition) is 2. The van der Waals surface area contributed by atoms with E-state index < -0.39 is 15.9 Å². The molecule has 2 aromatic heterocycles. The second-order valence-corrected chi connectivity index (χ2v) is 6.73. The number of carbonyl (C=O) groups is 1. The fourth-order valence-corrected chi connectivity index (χ4v) is 2.95. The Morgan fingerprint density at radius 1 is 1.41 bits per heavy atom. The number of halogens is 1. The predicted octanol–water partition coefficient (Wildman–Crippen LogP) is 1.41. The van der Waals surface area contributed by atoms with Gasteiger partial charge in [0.05, 0.1) is 17.6 Å². The summed E-state index contributed by atoms with van der Waals surface area (Å²) in [7, 11) is -4.02. The van der Waals surface area contributed by atoms with Gasteiger partial charge in [0.25, 0.3) is 15.9 Å². The fourth-order valence-electron chi connectivity index (χ4n) is 1.66. The Morgan fingerprint density at radius 3 is 2.64 bits per heavy atom. The molecule has 10 heteroatoms. The van der Waals surface area contributed by atoms with Crippen LogP contribution < -0.4 is 10.5 Å². The minimum Gasteiger partial charge on any atom is -0.366 e. The molecule has 0 radical (unpaired) electrons. The van der Waals surface area contributed by atoms with E-state index >= 15 is 0 Å². The van der Waals surface area contributed by atoms with Gasteiger partial charge in [-0.1, -0.05) is 11.6 Å². The molecule has 3 N–H and O–H groups in total. The molecule has 0 aliphatic rings. The van der Waals surface area contributed by atoms with E-state index in [1.54, 1.807) is 4.57 Å². The highest BCUT2D eigenvalue weighted by Gasteiger charge is 2.23.